The molecule has 8 heteroatoms. The lowest BCUT2D eigenvalue weighted by atomic mass is 10.1. The Kier molecular flexibility index (Phi) is 8.81. The third-order valence-corrected chi connectivity index (χ3v) is 6.82. The molecule has 0 amide bonds. The van der Waals surface area contributed by atoms with Crippen molar-refractivity contribution in [3.05, 3.63) is 67.6 Å². The summed E-state index contributed by atoms with van der Waals surface area (Å²) in [7, 11) is 1.38. The number of aromatic nitrogens is 2. The van der Waals surface area contributed by atoms with Gasteiger partial charge in [-0.1, -0.05) is 19.4 Å². The molecule has 0 spiro atoms. The number of carbonyl (C=O) groups is 2. The number of methoxy groups -OCH3 is 1. The van der Waals surface area contributed by atoms with E-state index in [1.807, 2.05) is 42.8 Å². The number of hydrogen-bond donors (Lipinski definition) is 0. The molecule has 3 aromatic rings. The van der Waals surface area contributed by atoms with Gasteiger partial charge in [0, 0.05) is 28.2 Å². The molecule has 3 heterocycles. The van der Waals surface area contributed by atoms with Gasteiger partial charge < -0.3 is 14.0 Å². The highest BCUT2D eigenvalue weighted by Gasteiger charge is 2.17. The van der Waals surface area contributed by atoms with E-state index in [1.165, 1.54) is 18.4 Å². The number of esters is 2. The molecule has 0 saturated heterocycles. The monoisotopic (exact) mass is 472 g/mol. The van der Waals surface area contributed by atoms with Gasteiger partial charge in [-0.2, -0.15) is 0 Å². The van der Waals surface area contributed by atoms with Crippen LogP contribution in [-0.2, 0) is 33.7 Å². The maximum absolute atomic E-state index is 12.7. The van der Waals surface area contributed by atoms with Crippen molar-refractivity contribution in [1.29, 1.82) is 0 Å². The summed E-state index contributed by atoms with van der Waals surface area (Å²) in [6, 6.07) is 7.71. The van der Waals surface area contributed by atoms with Gasteiger partial charge in [0.1, 0.15) is 10.7 Å². The highest BCUT2D eigenvalue weighted by Crippen LogP contribution is 2.23. The average molecular weight is 473 g/mol. The second-order valence-corrected chi connectivity index (χ2v) is 9.39. The Bertz CT molecular complexity index is 1060. The standard InChI is InChI=1S/C24H28N2O4S2/c1-4-6-9-22-25-15-18(26(22)16-20-10-11-21(32-20)24(28)29-3)13-17(23(27)30-5-2)14-19-8-7-12-31-19/h7-8,10-13,15H,4-6,9,14,16H2,1-3H3/b17-13+. The van der Waals surface area contributed by atoms with Gasteiger partial charge in [0.15, 0.2) is 0 Å². The van der Waals surface area contributed by atoms with Crippen molar-refractivity contribution >= 4 is 40.7 Å². The molecule has 0 bridgehead atoms. The minimum atomic E-state index is -0.334. The van der Waals surface area contributed by atoms with Gasteiger partial charge in [-0.25, -0.2) is 14.6 Å². The Morgan fingerprint density at radius 2 is 2.03 bits per heavy atom. The van der Waals surface area contributed by atoms with Crippen molar-refractivity contribution in [3.63, 3.8) is 0 Å². The molecule has 3 aromatic heterocycles. The lowest BCUT2D eigenvalue weighted by Gasteiger charge is -2.11. The Hall–Kier alpha value is -2.71. The fourth-order valence-electron chi connectivity index (χ4n) is 3.28. The number of thiophene rings is 2. The molecule has 170 valence electrons. The zero-order chi connectivity index (χ0) is 22.9. The van der Waals surface area contributed by atoms with Gasteiger partial charge >= 0.3 is 11.9 Å². The predicted octanol–water partition coefficient (Wildman–Crippen LogP) is 5.37. The molecule has 32 heavy (non-hydrogen) atoms. The highest BCUT2D eigenvalue weighted by atomic mass is 32.1. The first-order valence-electron chi connectivity index (χ1n) is 10.7. The molecule has 0 fully saturated rings. The number of rotatable bonds is 11. The van der Waals surface area contributed by atoms with Crippen LogP contribution in [0, 0.1) is 0 Å². The molecule has 0 aliphatic carbocycles. The Morgan fingerprint density at radius 3 is 2.72 bits per heavy atom. The minimum Gasteiger partial charge on any atom is -0.465 e. The second-order valence-electron chi connectivity index (χ2n) is 7.19. The molecule has 6 nitrogen and oxygen atoms in total. The zero-order valence-corrected chi connectivity index (χ0v) is 20.3. The number of aryl methyl sites for hydroxylation is 1. The predicted molar refractivity (Wildman–Crippen MR) is 128 cm³/mol. The third-order valence-electron chi connectivity index (χ3n) is 4.89. The van der Waals surface area contributed by atoms with E-state index in [0.717, 1.165) is 40.5 Å². The van der Waals surface area contributed by atoms with Gasteiger partial charge in [-0.15, -0.1) is 22.7 Å². The largest absolute Gasteiger partial charge is 0.465 e. The van der Waals surface area contributed by atoms with E-state index in [4.69, 9.17) is 9.47 Å². The molecule has 0 aromatic carbocycles. The fourth-order valence-corrected chi connectivity index (χ4v) is 4.92. The molecule has 3 rings (SSSR count). The molecular formula is C24H28N2O4S2. The summed E-state index contributed by atoms with van der Waals surface area (Å²) < 4.78 is 12.3. The van der Waals surface area contributed by atoms with Crippen molar-refractivity contribution < 1.29 is 19.1 Å². The van der Waals surface area contributed by atoms with Crippen LogP contribution in [0.5, 0.6) is 0 Å². The summed E-state index contributed by atoms with van der Waals surface area (Å²) in [5.74, 6) is 0.317. The van der Waals surface area contributed by atoms with Crippen molar-refractivity contribution in [3.8, 4) is 0 Å². The maximum atomic E-state index is 12.7. The van der Waals surface area contributed by atoms with Crippen molar-refractivity contribution in [2.75, 3.05) is 13.7 Å². The molecule has 0 unspecified atom stereocenters. The Morgan fingerprint density at radius 1 is 1.19 bits per heavy atom. The van der Waals surface area contributed by atoms with E-state index in [9.17, 15) is 9.59 Å². The SMILES string of the molecule is CCCCc1ncc(/C=C(\Cc2cccs2)C(=O)OCC)n1Cc1ccc(C(=O)OC)s1. The van der Waals surface area contributed by atoms with Crippen LogP contribution in [0.3, 0.4) is 0 Å². The topological polar surface area (TPSA) is 70.4 Å². The van der Waals surface area contributed by atoms with Crippen LogP contribution < -0.4 is 0 Å². The van der Waals surface area contributed by atoms with Gasteiger partial charge in [0.05, 0.1) is 32.2 Å². The van der Waals surface area contributed by atoms with Crippen molar-refractivity contribution in [2.24, 2.45) is 0 Å². The molecule has 0 aliphatic rings. The first kappa shape index (κ1) is 23.9. The van der Waals surface area contributed by atoms with E-state index in [2.05, 4.69) is 16.5 Å². The Balaban J connectivity index is 1.96. The van der Waals surface area contributed by atoms with Crippen LogP contribution in [0.1, 0.15) is 57.6 Å². The van der Waals surface area contributed by atoms with Crippen LogP contribution in [0.25, 0.3) is 6.08 Å². The molecule has 0 aliphatic heterocycles. The number of carbonyl (C=O) groups excluding carboxylic acids is 2. The lowest BCUT2D eigenvalue weighted by Crippen LogP contribution is -2.11. The van der Waals surface area contributed by atoms with Crippen molar-refractivity contribution in [2.45, 2.75) is 46.1 Å². The van der Waals surface area contributed by atoms with Gasteiger partial charge in [-0.3, -0.25) is 0 Å². The van der Waals surface area contributed by atoms with E-state index in [-0.39, 0.29) is 11.9 Å². The van der Waals surface area contributed by atoms with E-state index >= 15 is 0 Å². The quantitative estimate of drug-likeness (QED) is 0.277. The first-order valence-corrected chi connectivity index (χ1v) is 12.4. The normalized spacial score (nSPS) is 11.5. The summed E-state index contributed by atoms with van der Waals surface area (Å²) in [6.45, 7) is 4.86. The van der Waals surface area contributed by atoms with E-state index in [1.54, 1.807) is 17.4 Å². The summed E-state index contributed by atoms with van der Waals surface area (Å²) in [5, 5.41) is 2.00. The van der Waals surface area contributed by atoms with Crippen LogP contribution in [-0.4, -0.2) is 35.2 Å². The Labute approximate surface area is 196 Å². The average Bonchev–Trinajstić information content (AvgIpc) is 3.54. The summed E-state index contributed by atoms with van der Waals surface area (Å²) in [5.41, 5.74) is 1.45. The van der Waals surface area contributed by atoms with Gasteiger partial charge in [0.2, 0.25) is 0 Å². The number of unbranched alkanes of at least 4 members (excludes halogenated alkanes) is 1. The molecule has 0 radical (unpaired) electrons. The highest BCUT2D eigenvalue weighted by molar-refractivity contribution is 7.13. The van der Waals surface area contributed by atoms with E-state index in [0.29, 0.717) is 30.0 Å². The van der Waals surface area contributed by atoms with Gasteiger partial charge in [-0.05, 0) is 43.0 Å². The maximum Gasteiger partial charge on any atom is 0.348 e. The van der Waals surface area contributed by atoms with Crippen LogP contribution in [0.4, 0.5) is 0 Å². The van der Waals surface area contributed by atoms with Crippen LogP contribution >= 0.6 is 22.7 Å². The van der Waals surface area contributed by atoms with Gasteiger partial charge in [0.25, 0.3) is 0 Å². The lowest BCUT2D eigenvalue weighted by molar-refractivity contribution is -0.138. The van der Waals surface area contributed by atoms with E-state index < -0.39 is 0 Å². The molecular weight excluding hydrogens is 444 g/mol. The fraction of sp³-hybridized carbons (Fsp3) is 0.375. The summed E-state index contributed by atoms with van der Waals surface area (Å²) >= 11 is 3.02. The third kappa shape index (κ3) is 6.17. The zero-order valence-electron chi connectivity index (χ0n) is 18.6. The summed E-state index contributed by atoms with van der Waals surface area (Å²) in [4.78, 5) is 31.8. The summed E-state index contributed by atoms with van der Waals surface area (Å²) in [6.07, 6.45) is 7.15. The van der Waals surface area contributed by atoms with Crippen molar-refractivity contribution in [1.82, 2.24) is 9.55 Å². The molecule has 0 atom stereocenters. The number of nitrogens with zero attached hydrogens (tertiary/aromatic N) is 2. The number of imidazole rings is 1. The second kappa shape index (κ2) is 11.8. The van der Waals surface area contributed by atoms with Crippen LogP contribution in [0.15, 0.2) is 41.4 Å². The number of hydrogen-bond acceptors (Lipinski definition) is 7. The molecule has 0 saturated carbocycles. The number of ether oxygens (including phenoxy) is 2. The first-order chi connectivity index (χ1) is 15.5. The molecule has 0 N–H and O–H groups in total. The minimum absolute atomic E-state index is 0.312. The van der Waals surface area contributed by atoms with Crippen LogP contribution in [0.2, 0.25) is 0 Å². The smallest absolute Gasteiger partial charge is 0.348 e.